The molecule has 0 radical (unpaired) electrons. The Morgan fingerprint density at radius 2 is 1.87 bits per heavy atom. The van der Waals surface area contributed by atoms with Crippen LogP contribution in [0.4, 0.5) is 11.6 Å². The second-order valence-corrected chi connectivity index (χ2v) is 8.17. The first kappa shape index (κ1) is 21.1. The van der Waals surface area contributed by atoms with Crippen LogP contribution in [0.25, 0.3) is 11.1 Å². The zero-order chi connectivity index (χ0) is 21.8. The second-order valence-electron chi connectivity index (χ2n) is 7.76. The number of benzene rings is 2. The highest BCUT2D eigenvalue weighted by Gasteiger charge is 2.27. The summed E-state index contributed by atoms with van der Waals surface area (Å²) in [5, 5.41) is 3.43. The first-order valence-corrected chi connectivity index (χ1v) is 10.7. The normalized spacial score (nSPS) is 16.1. The van der Waals surface area contributed by atoms with Gasteiger partial charge in [-0.3, -0.25) is 4.79 Å². The fourth-order valence-corrected chi connectivity index (χ4v) is 4.00. The van der Waals surface area contributed by atoms with Crippen molar-refractivity contribution in [3.8, 4) is 16.9 Å². The molecule has 2 aromatic carbocycles. The van der Waals surface area contributed by atoms with E-state index < -0.39 is 0 Å². The van der Waals surface area contributed by atoms with Crippen molar-refractivity contribution in [2.24, 2.45) is 5.92 Å². The van der Waals surface area contributed by atoms with Crippen molar-refractivity contribution in [3.05, 3.63) is 65.4 Å². The molecule has 3 aromatic rings. The molecule has 0 aliphatic carbocycles. The lowest BCUT2D eigenvalue weighted by Crippen LogP contribution is -2.41. The molecule has 31 heavy (non-hydrogen) atoms. The maximum absolute atomic E-state index is 12.8. The van der Waals surface area contributed by atoms with Crippen LogP contribution in [-0.4, -0.2) is 36.1 Å². The van der Waals surface area contributed by atoms with Gasteiger partial charge in [0.1, 0.15) is 5.75 Å². The number of halogens is 1. The number of methoxy groups -OCH3 is 1. The first-order valence-electron chi connectivity index (χ1n) is 10.3. The molecule has 160 valence electrons. The SMILES string of the molecule is COc1ccc(NC(=O)[C@@H]2CCCN(c3ncc(-c4ccc(C)cc4)cn3)C2)cc1Cl. The van der Waals surface area contributed by atoms with Crippen LogP contribution in [0.2, 0.25) is 5.02 Å². The van der Waals surface area contributed by atoms with Crippen LogP contribution in [-0.2, 0) is 4.79 Å². The highest BCUT2D eigenvalue weighted by molar-refractivity contribution is 6.32. The van der Waals surface area contributed by atoms with Crippen molar-refractivity contribution in [1.82, 2.24) is 9.97 Å². The molecule has 0 bridgehead atoms. The fourth-order valence-electron chi connectivity index (χ4n) is 3.74. The van der Waals surface area contributed by atoms with Gasteiger partial charge in [0.2, 0.25) is 11.9 Å². The lowest BCUT2D eigenvalue weighted by atomic mass is 9.97. The van der Waals surface area contributed by atoms with Crippen LogP contribution >= 0.6 is 11.6 Å². The minimum Gasteiger partial charge on any atom is -0.495 e. The molecule has 1 amide bonds. The van der Waals surface area contributed by atoms with E-state index in [1.807, 2.05) is 12.4 Å². The highest BCUT2D eigenvalue weighted by Crippen LogP contribution is 2.28. The zero-order valence-electron chi connectivity index (χ0n) is 17.6. The second kappa shape index (κ2) is 9.35. The van der Waals surface area contributed by atoms with E-state index in [1.165, 1.54) is 5.56 Å². The topological polar surface area (TPSA) is 67.3 Å². The molecule has 1 saturated heterocycles. The van der Waals surface area contributed by atoms with Gasteiger partial charge in [-0.25, -0.2) is 9.97 Å². The van der Waals surface area contributed by atoms with Crippen molar-refractivity contribution >= 4 is 29.1 Å². The minimum absolute atomic E-state index is 0.0257. The van der Waals surface area contributed by atoms with Gasteiger partial charge in [-0.15, -0.1) is 0 Å². The van der Waals surface area contributed by atoms with Gasteiger partial charge in [0.25, 0.3) is 0 Å². The van der Waals surface area contributed by atoms with Crippen LogP contribution in [0.15, 0.2) is 54.9 Å². The van der Waals surface area contributed by atoms with Crippen molar-refractivity contribution in [1.29, 1.82) is 0 Å². The first-order chi connectivity index (χ1) is 15.0. The van der Waals surface area contributed by atoms with Gasteiger partial charge in [0.05, 0.1) is 18.1 Å². The monoisotopic (exact) mass is 436 g/mol. The van der Waals surface area contributed by atoms with Crippen LogP contribution in [0.1, 0.15) is 18.4 Å². The number of nitrogens with one attached hydrogen (secondary N) is 1. The number of hydrogen-bond donors (Lipinski definition) is 1. The van der Waals surface area contributed by atoms with Gasteiger partial charge in [-0.05, 0) is 43.5 Å². The summed E-state index contributed by atoms with van der Waals surface area (Å²) in [4.78, 5) is 24.0. The number of carbonyl (C=O) groups is 1. The van der Waals surface area contributed by atoms with Crippen molar-refractivity contribution < 1.29 is 9.53 Å². The Morgan fingerprint density at radius 3 is 2.55 bits per heavy atom. The summed E-state index contributed by atoms with van der Waals surface area (Å²) in [6.07, 6.45) is 5.42. The molecule has 0 unspecified atom stereocenters. The largest absolute Gasteiger partial charge is 0.495 e. The molecular weight excluding hydrogens is 412 g/mol. The quantitative estimate of drug-likeness (QED) is 0.611. The Hall–Kier alpha value is -3.12. The molecule has 7 heteroatoms. The Balaban J connectivity index is 1.41. The maximum atomic E-state index is 12.8. The highest BCUT2D eigenvalue weighted by atomic mass is 35.5. The number of hydrogen-bond acceptors (Lipinski definition) is 5. The summed E-state index contributed by atoms with van der Waals surface area (Å²) >= 11 is 6.17. The van der Waals surface area contributed by atoms with Gasteiger partial charge < -0.3 is 15.0 Å². The molecule has 6 nitrogen and oxygen atoms in total. The van der Waals surface area contributed by atoms with Gasteiger partial charge in [0.15, 0.2) is 0 Å². The Labute approximate surface area is 187 Å². The third-order valence-corrected chi connectivity index (χ3v) is 5.81. The average molecular weight is 437 g/mol. The summed E-state index contributed by atoms with van der Waals surface area (Å²) in [6, 6.07) is 13.5. The number of aromatic nitrogens is 2. The summed E-state index contributed by atoms with van der Waals surface area (Å²) in [5.74, 6) is 1.06. The van der Waals surface area contributed by atoms with Crippen molar-refractivity contribution in [2.45, 2.75) is 19.8 Å². The third kappa shape index (κ3) is 4.97. The molecule has 1 fully saturated rings. The lowest BCUT2D eigenvalue weighted by Gasteiger charge is -2.32. The van der Waals surface area contributed by atoms with E-state index in [-0.39, 0.29) is 11.8 Å². The smallest absolute Gasteiger partial charge is 0.229 e. The van der Waals surface area contributed by atoms with Crippen molar-refractivity contribution in [2.75, 3.05) is 30.4 Å². The van der Waals surface area contributed by atoms with Crippen LogP contribution in [0, 0.1) is 12.8 Å². The van der Waals surface area contributed by atoms with E-state index in [4.69, 9.17) is 16.3 Å². The van der Waals surface area contributed by atoms with Gasteiger partial charge >= 0.3 is 0 Å². The number of rotatable bonds is 5. The zero-order valence-corrected chi connectivity index (χ0v) is 18.4. The number of ether oxygens (including phenoxy) is 1. The van der Waals surface area contributed by atoms with E-state index >= 15 is 0 Å². The number of aryl methyl sites for hydroxylation is 1. The third-order valence-electron chi connectivity index (χ3n) is 5.52. The summed E-state index contributed by atoms with van der Waals surface area (Å²) < 4.78 is 5.16. The predicted molar refractivity (Wildman–Crippen MR) is 124 cm³/mol. The summed E-state index contributed by atoms with van der Waals surface area (Å²) in [6.45, 7) is 3.48. The fraction of sp³-hybridized carbons (Fsp3) is 0.292. The molecule has 1 aliphatic rings. The van der Waals surface area contributed by atoms with E-state index in [0.717, 1.165) is 30.5 Å². The molecular formula is C24H25ClN4O2. The van der Waals surface area contributed by atoms with Crippen LogP contribution in [0.3, 0.4) is 0 Å². The summed E-state index contributed by atoms with van der Waals surface area (Å²) in [7, 11) is 1.56. The number of nitrogens with zero attached hydrogens (tertiary/aromatic N) is 3. The molecule has 2 heterocycles. The van der Waals surface area contributed by atoms with E-state index in [1.54, 1.807) is 25.3 Å². The lowest BCUT2D eigenvalue weighted by molar-refractivity contribution is -0.120. The molecule has 0 saturated carbocycles. The number of carbonyl (C=O) groups excluding carboxylic acids is 1. The van der Waals surface area contributed by atoms with Crippen LogP contribution < -0.4 is 15.0 Å². The molecule has 1 aromatic heterocycles. The van der Waals surface area contributed by atoms with Gasteiger partial charge in [-0.1, -0.05) is 41.4 Å². The molecule has 0 spiro atoms. The van der Waals surface area contributed by atoms with Gasteiger partial charge in [0, 0.05) is 36.7 Å². The van der Waals surface area contributed by atoms with E-state index in [2.05, 4.69) is 51.4 Å². The number of anilines is 2. The molecule has 1 N–H and O–H groups in total. The standard InChI is InChI=1S/C24H25ClN4O2/c1-16-5-7-17(8-6-16)19-13-26-24(27-14-19)29-11-3-4-18(15-29)23(30)28-20-9-10-22(31-2)21(25)12-20/h5-10,12-14,18H,3-4,11,15H2,1-2H3,(H,28,30)/t18-/m1/s1. The Bertz CT molecular complexity index is 1050. The predicted octanol–water partition coefficient (Wildman–Crippen LogP) is 4.97. The molecule has 1 atom stereocenters. The maximum Gasteiger partial charge on any atom is 0.229 e. The molecule has 4 rings (SSSR count). The Morgan fingerprint density at radius 1 is 1.13 bits per heavy atom. The van der Waals surface area contributed by atoms with E-state index in [9.17, 15) is 4.79 Å². The average Bonchev–Trinajstić information content (AvgIpc) is 2.80. The van der Waals surface area contributed by atoms with E-state index in [0.29, 0.717) is 29.0 Å². The van der Waals surface area contributed by atoms with Crippen LogP contribution in [0.5, 0.6) is 5.75 Å². The molecule has 1 aliphatic heterocycles. The minimum atomic E-state index is -0.144. The van der Waals surface area contributed by atoms with Gasteiger partial charge in [-0.2, -0.15) is 0 Å². The van der Waals surface area contributed by atoms with Crippen molar-refractivity contribution in [3.63, 3.8) is 0 Å². The number of amides is 1. The Kier molecular flexibility index (Phi) is 6.37. The summed E-state index contributed by atoms with van der Waals surface area (Å²) in [5.41, 5.74) is 3.94. The number of piperidine rings is 1.